The molecule has 3 aromatic rings. The zero-order valence-electron chi connectivity index (χ0n) is 15.2. The van der Waals surface area contributed by atoms with Gasteiger partial charge in [0, 0.05) is 36.5 Å². The maximum absolute atomic E-state index is 12.5. The van der Waals surface area contributed by atoms with E-state index < -0.39 is 0 Å². The third-order valence-electron chi connectivity index (χ3n) is 5.94. The van der Waals surface area contributed by atoms with Gasteiger partial charge in [0.05, 0.1) is 11.9 Å². The molecule has 1 aromatic carbocycles. The maximum atomic E-state index is 12.5. The Morgan fingerprint density at radius 2 is 2.00 bits per heavy atom. The summed E-state index contributed by atoms with van der Waals surface area (Å²) < 4.78 is 5.47. The van der Waals surface area contributed by atoms with Crippen molar-refractivity contribution >= 4 is 16.9 Å². The van der Waals surface area contributed by atoms with Gasteiger partial charge in [-0.1, -0.05) is 17.3 Å². The van der Waals surface area contributed by atoms with Crippen molar-refractivity contribution in [2.45, 2.75) is 25.2 Å². The van der Waals surface area contributed by atoms with E-state index in [1.54, 1.807) is 6.20 Å². The lowest BCUT2D eigenvalue weighted by atomic mass is 9.91. The highest BCUT2D eigenvalue weighted by Gasteiger charge is 2.28. The first-order valence-corrected chi connectivity index (χ1v) is 9.68. The molecule has 7 heteroatoms. The van der Waals surface area contributed by atoms with Crippen molar-refractivity contribution in [3.8, 4) is 0 Å². The van der Waals surface area contributed by atoms with Crippen LogP contribution in [0.1, 0.15) is 40.5 Å². The number of carbonyl (C=O) groups excluding carboxylic acids is 1. The Bertz CT molecular complexity index is 954. The first-order valence-electron chi connectivity index (χ1n) is 9.68. The minimum atomic E-state index is 0.0812. The number of hydrogen-bond acceptors (Lipinski definition) is 5. The Balaban J connectivity index is 1.17. The molecule has 5 rings (SSSR count). The summed E-state index contributed by atoms with van der Waals surface area (Å²) in [6.07, 6.45) is 4.81. The SMILES string of the molecule is O=C1c2[nH]ncc2CCN1CCN1CCC(c2noc3ccccc23)CC1. The maximum Gasteiger partial charge on any atom is 0.272 e. The number of carbonyl (C=O) groups is 1. The number of aromatic amines is 1. The third-order valence-corrected chi connectivity index (χ3v) is 5.94. The van der Waals surface area contributed by atoms with Gasteiger partial charge >= 0.3 is 0 Å². The van der Waals surface area contributed by atoms with Crippen LogP contribution in [0.4, 0.5) is 0 Å². The molecule has 1 fully saturated rings. The third kappa shape index (κ3) is 3.02. The number of H-pyrrole nitrogens is 1. The smallest absolute Gasteiger partial charge is 0.272 e. The predicted molar refractivity (Wildman–Crippen MR) is 101 cm³/mol. The molecule has 2 aliphatic rings. The number of fused-ring (bicyclic) bond motifs is 2. The molecule has 0 spiro atoms. The molecule has 2 aliphatic heterocycles. The zero-order valence-corrected chi connectivity index (χ0v) is 15.2. The van der Waals surface area contributed by atoms with Crippen LogP contribution in [0, 0.1) is 0 Å². The molecule has 0 bridgehead atoms. The van der Waals surface area contributed by atoms with Crippen molar-refractivity contribution < 1.29 is 9.32 Å². The molecule has 27 heavy (non-hydrogen) atoms. The normalized spacial score (nSPS) is 19.0. The molecule has 0 unspecified atom stereocenters. The van der Waals surface area contributed by atoms with Crippen LogP contribution in [0.15, 0.2) is 35.0 Å². The first kappa shape index (κ1) is 16.5. The summed E-state index contributed by atoms with van der Waals surface area (Å²) in [4.78, 5) is 16.9. The number of amides is 1. The molecule has 1 N–H and O–H groups in total. The highest BCUT2D eigenvalue weighted by atomic mass is 16.5. The number of rotatable bonds is 4. The summed E-state index contributed by atoms with van der Waals surface area (Å²) in [6.45, 7) is 4.54. The van der Waals surface area contributed by atoms with Gasteiger partial charge in [-0.3, -0.25) is 9.89 Å². The van der Waals surface area contributed by atoms with Gasteiger partial charge in [-0.2, -0.15) is 5.10 Å². The molecule has 1 amide bonds. The highest BCUT2D eigenvalue weighted by molar-refractivity contribution is 5.94. The number of likely N-dealkylation sites (tertiary alicyclic amines) is 1. The van der Waals surface area contributed by atoms with Crippen LogP contribution >= 0.6 is 0 Å². The fourth-order valence-electron chi connectivity index (χ4n) is 4.31. The van der Waals surface area contributed by atoms with E-state index in [2.05, 4.69) is 26.3 Å². The molecule has 0 radical (unpaired) electrons. The van der Waals surface area contributed by atoms with Gasteiger partial charge in [0.1, 0.15) is 5.69 Å². The van der Waals surface area contributed by atoms with E-state index >= 15 is 0 Å². The fourth-order valence-corrected chi connectivity index (χ4v) is 4.31. The minimum absolute atomic E-state index is 0.0812. The fraction of sp³-hybridized carbons (Fsp3) is 0.450. The predicted octanol–water partition coefficient (Wildman–Crippen LogP) is 2.43. The highest BCUT2D eigenvalue weighted by Crippen LogP contribution is 2.32. The van der Waals surface area contributed by atoms with Gasteiger partial charge in [-0.25, -0.2) is 0 Å². The molecular formula is C20H23N5O2. The van der Waals surface area contributed by atoms with E-state index in [0.29, 0.717) is 11.6 Å². The molecule has 0 atom stereocenters. The van der Waals surface area contributed by atoms with Crippen molar-refractivity contribution in [3.63, 3.8) is 0 Å². The average Bonchev–Trinajstić information content (AvgIpc) is 3.35. The quantitative estimate of drug-likeness (QED) is 0.768. The van der Waals surface area contributed by atoms with Crippen molar-refractivity contribution in [3.05, 3.63) is 47.4 Å². The van der Waals surface area contributed by atoms with Crippen LogP contribution in [-0.2, 0) is 6.42 Å². The standard InChI is InChI=1S/C20H23N5O2/c26-20-19-15(13-21-22-19)7-10-25(20)12-11-24-8-5-14(6-9-24)18-16-3-1-2-4-17(16)27-23-18/h1-4,13-14H,5-12H2,(H,21,22). The number of para-hydroxylation sites is 1. The summed E-state index contributed by atoms with van der Waals surface area (Å²) >= 11 is 0. The molecule has 2 aromatic heterocycles. The second-order valence-corrected chi connectivity index (χ2v) is 7.49. The van der Waals surface area contributed by atoms with Gasteiger partial charge in [0.2, 0.25) is 0 Å². The van der Waals surface area contributed by atoms with Crippen LogP contribution in [0.25, 0.3) is 11.0 Å². The lowest BCUT2D eigenvalue weighted by molar-refractivity contribution is 0.0704. The van der Waals surface area contributed by atoms with E-state index in [1.165, 1.54) is 0 Å². The van der Waals surface area contributed by atoms with E-state index in [4.69, 9.17) is 4.52 Å². The van der Waals surface area contributed by atoms with Gasteiger partial charge in [0.25, 0.3) is 5.91 Å². The Hall–Kier alpha value is -2.67. The molecule has 140 valence electrons. The van der Waals surface area contributed by atoms with E-state index in [0.717, 1.165) is 74.2 Å². The molecular weight excluding hydrogens is 342 g/mol. The molecule has 7 nitrogen and oxygen atoms in total. The van der Waals surface area contributed by atoms with Gasteiger partial charge in [-0.15, -0.1) is 0 Å². The molecule has 1 saturated heterocycles. The van der Waals surface area contributed by atoms with Crippen molar-refractivity contribution in [1.82, 2.24) is 25.2 Å². The monoisotopic (exact) mass is 365 g/mol. The Morgan fingerprint density at radius 3 is 2.89 bits per heavy atom. The van der Waals surface area contributed by atoms with E-state index in [-0.39, 0.29) is 5.91 Å². The Labute approximate surface area is 157 Å². The lowest BCUT2D eigenvalue weighted by Gasteiger charge is -2.34. The van der Waals surface area contributed by atoms with Gasteiger partial charge in [-0.05, 0) is 44.5 Å². The summed E-state index contributed by atoms with van der Waals surface area (Å²) in [5.74, 6) is 0.534. The topological polar surface area (TPSA) is 78.3 Å². The second-order valence-electron chi connectivity index (χ2n) is 7.49. The van der Waals surface area contributed by atoms with Crippen LogP contribution in [-0.4, -0.2) is 63.8 Å². The van der Waals surface area contributed by atoms with Crippen molar-refractivity contribution in [2.75, 3.05) is 32.7 Å². The van der Waals surface area contributed by atoms with Crippen LogP contribution < -0.4 is 0 Å². The van der Waals surface area contributed by atoms with Crippen LogP contribution in [0.5, 0.6) is 0 Å². The number of aromatic nitrogens is 3. The second kappa shape index (κ2) is 6.81. The summed E-state index contributed by atoms with van der Waals surface area (Å²) in [5.41, 5.74) is 3.68. The first-order chi connectivity index (χ1) is 13.3. The molecule has 0 aliphatic carbocycles. The minimum Gasteiger partial charge on any atom is -0.356 e. The van der Waals surface area contributed by atoms with Gasteiger partial charge in [0.15, 0.2) is 5.58 Å². The van der Waals surface area contributed by atoms with E-state index in [9.17, 15) is 4.79 Å². The summed E-state index contributed by atoms with van der Waals surface area (Å²) in [5, 5.41) is 12.3. The number of piperidine rings is 1. The number of hydrogen-bond donors (Lipinski definition) is 1. The largest absolute Gasteiger partial charge is 0.356 e. The van der Waals surface area contributed by atoms with Crippen LogP contribution in [0.3, 0.4) is 0 Å². The van der Waals surface area contributed by atoms with E-state index in [1.807, 2.05) is 23.1 Å². The molecule has 0 saturated carbocycles. The summed E-state index contributed by atoms with van der Waals surface area (Å²) in [6, 6.07) is 8.09. The Kier molecular flexibility index (Phi) is 4.16. The lowest BCUT2D eigenvalue weighted by Crippen LogP contribution is -2.44. The Morgan fingerprint density at radius 1 is 1.15 bits per heavy atom. The van der Waals surface area contributed by atoms with Crippen molar-refractivity contribution in [2.24, 2.45) is 0 Å². The number of nitrogens with zero attached hydrogens (tertiary/aromatic N) is 4. The number of nitrogens with one attached hydrogen (secondary N) is 1. The summed E-state index contributed by atoms with van der Waals surface area (Å²) in [7, 11) is 0. The van der Waals surface area contributed by atoms with Crippen molar-refractivity contribution in [1.29, 1.82) is 0 Å². The average molecular weight is 365 g/mol. The van der Waals surface area contributed by atoms with Gasteiger partial charge < -0.3 is 14.3 Å². The number of benzene rings is 1. The van der Waals surface area contributed by atoms with Crippen LogP contribution in [0.2, 0.25) is 0 Å². The zero-order chi connectivity index (χ0) is 18.2. The molecule has 4 heterocycles.